The van der Waals surface area contributed by atoms with Gasteiger partial charge in [0.2, 0.25) is 0 Å². The van der Waals surface area contributed by atoms with Crippen molar-refractivity contribution in [1.29, 1.82) is 0 Å². The van der Waals surface area contributed by atoms with Crippen LogP contribution < -0.4 is 9.47 Å². The highest BCUT2D eigenvalue weighted by Gasteiger charge is 2.22. The van der Waals surface area contributed by atoms with Crippen molar-refractivity contribution in [1.82, 2.24) is 4.57 Å². The van der Waals surface area contributed by atoms with Crippen molar-refractivity contribution in [3.8, 4) is 11.5 Å². The number of hydrogen-bond donors (Lipinski definition) is 1. The highest BCUT2D eigenvalue weighted by Crippen LogP contribution is 2.38. The van der Waals surface area contributed by atoms with Crippen LogP contribution in [0.2, 0.25) is 0 Å². The predicted molar refractivity (Wildman–Crippen MR) is 120 cm³/mol. The zero-order chi connectivity index (χ0) is 23.0. The molecule has 1 N–H and O–H groups in total. The molecular weight excluding hydrogens is 398 g/mol. The smallest absolute Gasteiger partial charge is 0.482 e. The molecule has 0 atom stereocenters. The molecule has 0 aliphatic heterocycles. The molecule has 1 aromatic carbocycles. The molecule has 2 aromatic rings. The third-order valence-corrected chi connectivity index (χ3v) is 5.09. The molecule has 0 saturated heterocycles. The van der Waals surface area contributed by atoms with E-state index in [1.165, 1.54) is 0 Å². The summed E-state index contributed by atoms with van der Waals surface area (Å²) in [7, 11) is 0. The first-order valence-corrected chi connectivity index (χ1v) is 11.1. The lowest BCUT2D eigenvalue weighted by molar-refractivity contribution is -0.139. The van der Waals surface area contributed by atoms with E-state index >= 15 is 0 Å². The van der Waals surface area contributed by atoms with Crippen LogP contribution in [0.1, 0.15) is 64.6 Å². The largest absolute Gasteiger partial charge is 0.513 e. The zero-order valence-corrected chi connectivity index (χ0v) is 19.3. The van der Waals surface area contributed by atoms with Crippen LogP contribution in [-0.4, -0.2) is 35.0 Å². The van der Waals surface area contributed by atoms with Gasteiger partial charge in [-0.3, -0.25) is 0 Å². The summed E-state index contributed by atoms with van der Waals surface area (Å²) < 4.78 is 18.3. The van der Waals surface area contributed by atoms with Gasteiger partial charge in [0, 0.05) is 11.9 Å². The molecule has 1 heterocycles. The van der Waals surface area contributed by atoms with Gasteiger partial charge in [0.15, 0.2) is 12.4 Å². The highest BCUT2D eigenvalue weighted by atomic mass is 16.7. The molecule has 0 unspecified atom stereocenters. The van der Waals surface area contributed by atoms with Crippen molar-refractivity contribution < 1.29 is 28.9 Å². The van der Waals surface area contributed by atoms with E-state index in [1.807, 2.05) is 13.0 Å². The van der Waals surface area contributed by atoms with E-state index in [-0.39, 0.29) is 6.61 Å². The molecule has 0 aliphatic rings. The van der Waals surface area contributed by atoms with Crippen molar-refractivity contribution in [2.45, 2.75) is 73.3 Å². The Morgan fingerprint density at radius 3 is 2.48 bits per heavy atom. The molecule has 31 heavy (non-hydrogen) atoms. The Kier molecular flexibility index (Phi) is 9.21. The Labute approximate surface area is 184 Å². The van der Waals surface area contributed by atoms with E-state index in [2.05, 4.69) is 25.3 Å². The standard InChI is InChI=1S/C24H35NO6/c1-6-8-9-10-11-18-12-20-19(13-21(18)30-15-22(26)27)23(31-24(28)29-7-2)17(5)25(20)14-16(3)4/h12-13,16H,6-11,14-15H2,1-5H3,(H,26,27). The number of carbonyl (C=O) groups excluding carboxylic acids is 1. The highest BCUT2D eigenvalue weighted by molar-refractivity contribution is 5.92. The van der Waals surface area contributed by atoms with Gasteiger partial charge in [-0.2, -0.15) is 0 Å². The number of carboxylic acid groups (broad SMARTS) is 1. The second-order valence-electron chi connectivity index (χ2n) is 8.17. The molecule has 7 heteroatoms. The van der Waals surface area contributed by atoms with Crippen LogP contribution in [-0.2, 0) is 22.5 Å². The number of nitrogens with zero attached hydrogens (tertiary/aromatic N) is 1. The van der Waals surface area contributed by atoms with Crippen LogP contribution in [0.3, 0.4) is 0 Å². The Balaban J connectivity index is 2.56. The summed E-state index contributed by atoms with van der Waals surface area (Å²) in [6, 6.07) is 3.84. The molecule has 0 aliphatic carbocycles. The third-order valence-electron chi connectivity index (χ3n) is 5.09. The fourth-order valence-corrected chi connectivity index (χ4v) is 3.69. The quantitative estimate of drug-likeness (QED) is 0.340. The molecule has 7 nitrogen and oxygen atoms in total. The third kappa shape index (κ3) is 6.64. The van der Waals surface area contributed by atoms with E-state index in [9.17, 15) is 9.59 Å². The number of ether oxygens (including phenoxy) is 3. The number of carboxylic acids is 1. The normalized spacial score (nSPS) is 11.2. The number of hydrogen-bond acceptors (Lipinski definition) is 5. The number of aryl methyl sites for hydroxylation is 1. The average molecular weight is 434 g/mol. The van der Waals surface area contributed by atoms with E-state index in [0.717, 1.165) is 55.4 Å². The van der Waals surface area contributed by atoms with Gasteiger partial charge < -0.3 is 23.9 Å². The number of carbonyl (C=O) groups is 2. The summed E-state index contributed by atoms with van der Waals surface area (Å²) in [5, 5.41) is 9.80. The number of rotatable bonds is 12. The topological polar surface area (TPSA) is 87.0 Å². The number of unbranched alkanes of at least 4 members (excludes halogenated alkanes) is 3. The Hall–Kier alpha value is -2.70. The minimum Gasteiger partial charge on any atom is -0.482 e. The SMILES string of the molecule is CCCCCCc1cc2c(cc1OCC(=O)O)c(OC(=O)OCC)c(C)n2CC(C)C. The van der Waals surface area contributed by atoms with E-state index in [4.69, 9.17) is 19.3 Å². The van der Waals surface area contributed by atoms with Crippen molar-refractivity contribution in [2.75, 3.05) is 13.2 Å². The number of aromatic nitrogens is 1. The second-order valence-corrected chi connectivity index (χ2v) is 8.17. The minimum atomic E-state index is -1.03. The Bertz CT molecular complexity index is 899. The van der Waals surface area contributed by atoms with Crippen LogP contribution in [0.4, 0.5) is 4.79 Å². The first-order chi connectivity index (χ1) is 14.8. The van der Waals surface area contributed by atoms with Crippen LogP contribution in [0.5, 0.6) is 11.5 Å². The van der Waals surface area contributed by atoms with Crippen molar-refractivity contribution in [3.05, 3.63) is 23.4 Å². The lowest BCUT2D eigenvalue weighted by Crippen LogP contribution is -2.11. The summed E-state index contributed by atoms with van der Waals surface area (Å²) >= 11 is 0. The first-order valence-electron chi connectivity index (χ1n) is 11.1. The lowest BCUT2D eigenvalue weighted by Gasteiger charge is -2.14. The van der Waals surface area contributed by atoms with Gasteiger partial charge in [-0.05, 0) is 50.3 Å². The maximum absolute atomic E-state index is 12.0. The summed E-state index contributed by atoms with van der Waals surface area (Å²) in [5.41, 5.74) is 2.73. The number of benzene rings is 1. The predicted octanol–water partition coefficient (Wildman–Crippen LogP) is 5.73. The first kappa shape index (κ1) is 24.6. The molecule has 0 spiro atoms. The molecule has 0 bridgehead atoms. The monoisotopic (exact) mass is 433 g/mol. The van der Waals surface area contributed by atoms with Crippen LogP contribution in [0.15, 0.2) is 12.1 Å². The zero-order valence-electron chi connectivity index (χ0n) is 19.3. The van der Waals surface area contributed by atoms with Crippen LogP contribution in [0.25, 0.3) is 10.9 Å². The second kappa shape index (κ2) is 11.6. The fourth-order valence-electron chi connectivity index (χ4n) is 3.69. The molecule has 0 saturated carbocycles. The molecule has 172 valence electrons. The number of aliphatic carboxylic acids is 1. The molecule has 1 aromatic heterocycles. The van der Waals surface area contributed by atoms with Gasteiger partial charge in [-0.1, -0.05) is 40.0 Å². The Morgan fingerprint density at radius 2 is 1.87 bits per heavy atom. The van der Waals surface area contributed by atoms with E-state index < -0.39 is 18.7 Å². The van der Waals surface area contributed by atoms with Crippen LogP contribution >= 0.6 is 0 Å². The maximum atomic E-state index is 12.0. The minimum absolute atomic E-state index is 0.220. The molecule has 0 radical (unpaired) electrons. The van der Waals surface area contributed by atoms with E-state index in [0.29, 0.717) is 22.8 Å². The van der Waals surface area contributed by atoms with Gasteiger partial charge in [-0.15, -0.1) is 0 Å². The summed E-state index contributed by atoms with van der Waals surface area (Å²) in [4.78, 5) is 23.1. The van der Waals surface area contributed by atoms with Gasteiger partial charge in [0.1, 0.15) is 5.75 Å². The Morgan fingerprint density at radius 1 is 1.13 bits per heavy atom. The van der Waals surface area contributed by atoms with E-state index in [1.54, 1.807) is 13.0 Å². The average Bonchev–Trinajstić information content (AvgIpc) is 2.94. The lowest BCUT2D eigenvalue weighted by atomic mass is 10.0. The van der Waals surface area contributed by atoms with Crippen molar-refractivity contribution >= 4 is 23.0 Å². The summed E-state index contributed by atoms with van der Waals surface area (Å²) in [6.07, 6.45) is 4.45. The fraction of sp³-hybridized carbons (Fsp3) is 0.583. The van der Waals surface area contributed by atoms with Gasteiger partial charge in [0.25, 0.3) is 0 Å². The number of fused-ring (bicyclic) bond motifs is 1. The van der Waals surface area contributed by atoms with Gasteiger partial charge >= 0.3 is 12.1 Å². The summed E-state index contributed by atoms with van der Waals surface area (Å²) in [5.74, 6) is 0.294. The molecule has 0 amide bonds. The van der Waals surface area contributed by atoms with Crippen molar-refractivity contribution in [3.63, 3.8) is 0 Å². The van der Waals surface area contributed by atoms with Crippen molar-refractivity contribution in [2.24, 2.45) is 5.92 Å². The van der Waals surface area contributed by atoms with Gasteiger partial charge in [-0.25, -0.2) is 9.59 Å². The maximum Gasteiger partial charge on any atom is 0.513 e. The van der Waals surface area contributed by atoms with Crippen LogP contribution in [0, 0.1) is 12.8 Å². The van der Waals surface area contributed by atoms with Gasteiger partial charge in [0.05, 0.1) is 17.8 Å². The molecule has 2 rings (SSSR count). The summed E-state index contributed by atoms with van der Waals surface area (Å²) in [6.45, 7) is 10.6. The molecular formula is C24H35NO6. The molecule has 0 fully saturated rings.